The van der Waals surface area contributed by atoms with Gasteiger partial charge in [-0.05, 0) is 63.5 Å². The average molecular weight is 428 g/mol. The predicted molar refractivity (Wildman–Crippen MR) is 105 cm³/mol. The Morgan fingerprint density at radius 1 is 1.19 bits per heavy atom. The molecule has 0 spiro atoms. The minimum Gasteiger partial charge on any atom is -0.339 e. The summed E-state index contributed by atoms with van der Waals surface area (Å²) in [4.78, 5) is 18.9. The van der Waals surface area contributed by atoms with E-state index in [1.54, 1.807) is 16.9 Å². The molecule has 4 rings (SSSR count). The third kappa shape index (κ3) is 3.97. The monoisotopic (exact) mass is 427 g/mol. The molecule has 1 aliphatic rings. The van der Waals surface area contributed by atoms with Crippen molar-refractivity contribution in [2.75, 3.05) is 23.3 Å². The maximum Gasteiger partial charge on any atom is 0.250 e. The van der Waals surface area contributed by atoms with Gasteiger partial charge in [0.1, 0.15) is 5.82 Å². The molecule has 1 atom stereocenters. The number of nitrogens with one attached hydrogen (secondary N) is 1. The summed E-state index contributed by atoms with van der Waals surface area (Å²) in [7, 11) is 0. The number of carbonyl (C=O) groups excluding carboxylic acids is 1. The zero-order valence-electron chi connectivity index (χ0n) is 14.5. The molecule has 1 unspecified atom stereocenters. The van der Waals surface area contributed by atoms with Crippen LogP contribution in [0.15, 0.2) is 53.1 Å². The first-order valence-electron chi connectivity index (χ1n) is 8.72. The molecule has 1 aliphatic heterocycles. The summed E-state index contributed by atoms with van der Waals surface area (Å²) in [6.07, 6.45) is 3.38. The number of anilines is 2. The predicted octanol–water partition coefficient (Wildman–Crippen LogP) is 2.67. The number of aromatic nitrogens is 5. The smallest absolute Gasteiger partial charge is 0.250 e. The van der Waals surface area contributed by atoms with Gasteiger partial charge in [0.25, 0.3) is 0 Å². The van der Waals surface area contributed by atoms with Crippen molar-refractivity contribution in [3.8, 4) is 5.69 Å². The van der Waals surface area contributed by atoms with Crippen LogP contribution in [0.2, 0.25) is 0 Å². The van der Waals surface area contributed by atoms with Gasteiger partial charge in [0.05, 0.1) is 11.6 Å². The van der Waals surface area contributed by atoms with Crippen molar-refractivity contribution in [2.24, 2.45) is 5.92 Å². The van der Waals surface area contributed by atoms with Gasteiger partial charge in [-0.3, -0.25) is 4.79 Å². The van der Waals surface area contributed by atoms with Gasteiger partial charge in [0.2, 0.25) is 11.9 Å². The molecule has 1 aromatic carbocycles. The van der Waals surface area contributed by atoms with Crippen LogP contribution in [0.4, 0.5) is 11.8 Å². The number of nitrogens with zero attached hydrogens (tertiary/aromatic N) is 6. The number of amides is 1. The molecule has 0 bridgehead atoms. The number of halogens is 1. The molecular weight excluding hydrogens is 410 g/mol. The normalized spacial score (nSPS) is 16.9. The lowest BCUT2D eigenvalue weighted by molar-refractivity contribution is -0.120. The molecule has 1 fully saturated rings. The fraction of sp³-hybridized carbons (Fsp3) is 0.278. The first-order valence-corrected chi connectivity index (χ1v) is 9.51. The molecule has 1 amide bonds. The second kappa shape index (κ2) is 7.83. The molecule has 8 nitrogen and oxygen atoms in total. The lowest BCUT2D eigenvalue weighted by Gasteiger charge is -2.32. The third-order valence-electron chi connectivity index (χ3n) is 4.51. The number of hydrogen-bond acceptors (Lipinski definition) is 6. The molecule has 3 heterocycles. The lowest BCUT2D eigenvalue weighted by Crippen LogP contribution is -2.42. The zero-order valence-corrected chi connectivity index (χ0v) is 16.1. The van der Waals surface area contributed by atoms with E-state index in [9.17, 15) is 4.79 Å². The molecule has 9 heteroatoms. The van der Waals surface area contributed by atoms with Crippen LogP contribution < -0.4 is 10.2 Å². The quantitative estimate of drug-likeness (QED) is 0.688. The Balaban J connectivity index is 1.48. The van der Waals surface area contributed by atoms with Crippen LogP contribution in [0.5, 0.6) is 0 Å². The highest BCUT2D eigenvalue weighted by Crippen LogP contribution is 2.24. The van der Waals surface area contributed by atoms with Crippen molar-refractivity contribution in [1.82, 2.24) is 25.2 Å². The Kier molecular flexibility index (Phi) is 5.10. The Labute approximate surface area is 164 Å². The summed E-state index contributed by atoms with van der Waals surface area (Å²) < 4.78 is 2.58. The number of para-hydroxylation sites is 1. The third-order valence-corrected chi connectivity index (χ3v) is 4.98. The highest BCUT2D eigenvalue weighted by molar-refractivity contribution is 9.10. The van der Waals surface area contributed by atoms with Crippen LogP contribution in [0, 0.1) is 5.92 Å². The van der Waals surface area contributed by atoms with Gasteiger partial charge in [0.15, 0.2) is 0 Å². The van der Waals surface area contributed by atoms with Gasteiger partial charge in [-0.25, -0.2) is 4.98 Å². The van der Waals surface area contributed by atoms with Gasteiger partial charge in [-0.2, -0.15) is 4.68 Å². The summed E-state index contributed by atoms with van der Waals surface area (Å²) in [6, 6.07) is 13.4. The second-order valence-corrected chi connectivity index (χ2v) is 7.28. The van der Waals surface area contributed by atoms with Gasteiger partial charge < -0.3 is 10.2 Å². The number of rotatable bonds is 4. The van der Waals surface area contributed by atoms with Crippen LogP contribution in [-0.4, -0.2) is 44.2 Å². The Morgan fingerprint density at radius 3 is 2.81 bits per heavy atom. The van der Waals surface area contributed by atoms with Gasteiger partial charge in [-0.1, -0.05) is 23.3 Å². The van der Waals surface area contributed by atoms with Crippen molar-refractivity contribution in [3.63, 3.8) is 0 Å². The molecule has 0 saturated carbocycles. The fourth-order valence-corrected chi connectivity index (χ4v) is 3.40. The molecule has 1 N–H and O–H groups in total. The number of hydrogen-bond donors (Lipinski definition) is 1. The summed E-state index contributed by atoms with van der Waals surface area (Å²) in [6.45, 7) is 1.38. The van der Waals surface area contributed by atoms with Crippen molar-refractivity contribution < 1.29 is 4.79 Å². The Hall–Kier alpha value is -2.81. The van der Waals surface area contributed by atoms with E-state index in [0.29, 0.717) is 18.3 Å². The highest BCUT2D eigenvalue weighted by atomic mass is 79.9. The summed E-state index contributed by atoms with van der Waals surface area (Å²) in [5.41, 5.74) is 0.892. The lowest BCUT2D eigenvalue weighted by atomic mass is 9.97. The average Bonchev–Trinajstić information content (AvgIpc) is 3.20. The van der Waals surface area contributed by atoms with Crippen LogP contribution in [0.1, 0.15) is 12.8 Å². The van der Waals surface area contributed by atoms with Gasteiger partial charge in [-0.15, -0.1) is 0 Å². The van der Waals surface area contributed by atoms with Crippen molar-refractivity contribution in [2.45, 2.75) is 12.8 Å². The largest absolute Gasteiger partial charge is 0.339 e. The van der Waals surface area contributed by atoms with E-state index in [2.05, 4.69) is 46.7 Å². The molecule has 0 aliphatic carbocycles. The maximum absolute atomic E-state index is 12.7. The van der Waals surface area contributed by atoms with E-state index in [0.717, 1.165) is 29.5 Å². The van der Waals surface area contributed by atoms with Gasteiger partial charge in [0, 0.05) is 23.8 Å². The van der Waals surface area contributed by atoms with Crippen LogP contribution in [0.3, 0.4) is 0 Å². The second-order valence-electron chi connectivity index (χ2n) is 6.36. The van der Waals surface area contributed by atoms with Crippen LogP contribution in [0.25, 0.3) is 5.69 Å². The molecule has 3 aromatic rings. The first-order chi connectivity index (χ1) is 13.2. The fourth-order valence-electron chi connectivity index (χ4n) is 3.17. The summed E-state index contributed by atoms with van der Waals surface area (Å²) >= 11 is 3.34. The number of piperidine rings is 1. The number of carbonyl (C=O) groups is 1. The number of pyridine rings is 1. The molecule has 1 saturated heterocycles. The van der Waals surface area contributed by atoms with Crippen molar-refractivity contribution in [1.29, 1.82) is 0 Å². The molecule has 27 heavy (non-hydrogen) atoms. The number of tetrazole rings is 1. The summed E-state index contributed by atoms with van der Waals surface area (Å²) in [5, 5.41) is 15.0. The van der Waals surface area contributed by atoms with E-state index < -0.39 is 0 Å². The zero-order chi connectivity index (χ0) is 18.6. The Morgan fingerprint density at radius 2 is 2.04 bits per heavy atom. The summed E-state index contributed by atoms with van der Waals surface area (Å²) in [5.74, 6) is 1.02. The standard InChI is InChI=1S/C18H18BrN7O/c19-14-8-9-16(20-11-14)21-17(27)13-5-4-10-25(12-13)18-22-23-24-26(18)15-6-2-1-3-7-15/h1-3,6-9,11,13H,4-5,10,12H2,(H,20,21,27). The van der Waals surface area contributed by atoms with E-state index in [1.807, 2.05) is 36.4 Å². The highest BCUT2D eigenvalue weighted by Gasteiger charge is 2.29. The molecule has 2 aromatic heterocycles. The molecule has 0 radical (unpaired) electrons. The molecular formula is C18H18BrN7O. The maximum atomic E-state index is 12.7. The minimum absolute atomic E-state index is 0.0340. The molecule has 138 valence electrons. The topological polar surface area (TPSA) is 88.8 Å². The van der Waals surface area contributed by atoms with E-state index in [4.69, 9.17) is 0 Å². The SMILES string of the molecule is O=C(Nc1ccc(Br)cn1)C1CCCN(c2nnnn2-c2ccccc2)C1. The van der Waals surface area contributed by atoms with Crippen LogP contribution in [-0.2, 0) is 4.79 Å². The number of benzene rings is 1. The van der Waals surface area contributed by atoms with E-state index >= 15 is 0 Å². The van der Waals surface area contributed by atoms with Crippen molar-refractivity contribution in [3.05, 3.63) is 53.1 Å². The minimum atomic E-state index is -0.148. The first kappa shape index (κ1) is 17.6. The van der Waals surface area contributed by atoms with E-state index in [1.165, 1.54) is 0 Å². The van der Waals surface area contributed by atoms with E-state index in [-0.39, 0.29) is 11.8 Å². The van der Waals surface area contributed by atoms with Crippen molar-refractivity contribution >= 4 is 33.6 Å². The van der Waals surface area contributed by atoms with Gasteiger partial charge >= 0.3 is 0 Å². The van der Waals surface area contributed by atoms with Crippen LogP contribution >= 0.6 is 15.9 Å². The Bertz CT molecular complexity index is 913.